The first-order valence-electron chi connectivity index (χ1n) is 4.79. The summed E-state index contributed by atoms with van der Waals surface area (Å²) < 4.78 is 0. The smallest absolute Gasteiger partial charge is 0.0515 e. The van der Waals surface area contributed by atoms with E-state index >= 15 is 0 Å². The van der Waals surface area contributed by atoms with Gasteiger partial charge in [-0.15, -0.1) is 0 Å². The van der Waals surface area contributed by atoms with Crippen LogP contribution in [0.3, 0.4) is 0 Å². The molecule has 0 amide bonds. The first-order valence-corrected chi connectivity index (χ1v) is 5.17. The normalized spacial score (nSPS) is 10.4. The van der Waals surface area contributed by atoms with Gasteiger partial charge < -0.3 is 0 Å². The van der Waals surface area contributed by atoms with E-state index in [2.05, 4.69) is 34.3 Å². The number of halogens is 1. The van der Waals surface area contributed by atoms with Crippen LogP contribution in [0.15, 0.2) is 6.58 Å². The van der Waals surface area contributed by atoms with Crippen molar-refractivity contribution in [3.63, 3.8) is 0 Å². The van der Waals surface area contributed by atoms with Crippen molar-refractivity contribution in [2.75, 3.05) is 0 Å². The fourth-order valence-electron chi connectivity index (χ4n) is 1.77. The lowest BCUT2D eigenvalue weighted by atomic mass is 9.91. The second kappa shape index (κ2) is 3.78. The first kappa shape index (κ1) is 11.3. The Balaban J connectivity index is 3.68. The molecule has 1 heteroatoms. The molecule has 1 aromatic carbocycles. The van der Waals surface area contributed by atoms with E-state index in [0.717, 1.165) is 16.2 Å². The van der Waals surface area contributed by atoms with Gasteiger partial charge in [-0.2, -0.15) is 0 Å². The van der Waals surface area contributed by atoms with Gasteiger partial charge in [-0.25, -0.2) is 0 Å². The predicted octanol–water partition coefficient (Wildman–Crippen LogP) is 4.61. The zero-order valence-electron chi connectivity index (χ0n) is 9.59. The third kappa shape index (κ3) is 1.59. The summed E-state index contributed by atoms with van der Waals surface area (Å²) in [5, 5.41) is 0.859. The van der Waals surface area contributed by atoms with Crippen molar-refractivity contribution in [3.05, 3.63) is 39.4 Å². The summed E-state index contributed by atoms with van der Waals surface area (Å²) in [6, 6.07) is 0. The molecule has 0 radical (unpaired) electrons. The van der Waals surface area contributed by atoms with Gasteiger partial charge in [-0.3, -0.25) is 0 Å². The molecule has 14 heavy (non-hydrogen) atoms. The first-order chi connectivity index (χ1) is 6.37. The minimum atomic E-state index is 0.859. The van der Waals surface area contributed by atoms with Gasteiger partial charge in [0.25, 0.3) is 0 Å². The Labute approximate surface area is 91.6 Å². The average molecular weight is 209 g/mol. The van der Waals surface area contributed by atoms with Crippen LogP contribution in [-0.2, 0) is 0 Å². The molecule has 0 saturated carbocycles. The Kier molecular flexibility index (Phi) is 3.06. The highest BCUT2D eigenvalue weighted by Gasteiger charge is 2.13. The molecule has 0 nitrogen and oxygen atoms in total. The molecule has 0 fully saturated rings. The highest BCUT2D eigenvalue weighted by molar-refractivity contribution is 6.33. The molecule has 0 unspecified atom stereocenters. The molecule has 0 atom stereocenters. The van der Waals surface area contributed by atoms with E-state index in [9.17, 15) is 0 Å². The lowest BCUT2D eigenvalue weighted by Gasteiger charge is -2.17. The van der Waals surface area contributed by atoms with Crippen LogP contribution in [0.25, 0.3) is 5.57 Å². The molecule has 0 N–H and O–H groups in total. The van der Waals surface area contributed by atoms with E-state index in [1.54, 1.807) is 0 Å². The Morgan fingerprint density at radius 3 is 1.79 bits per heavy atom. The van der Waals surface area contributed by atoms with E-state index in [0.29, 0.717) is 0 Å². The lowest BCUT2D eigenvalue weighted by molar-refractivity contribution is 1.20. The summed E-state index contributed by atoms with van der Waals surface area (Å²) >= 11 is 6.31. The van der Waals surface area contributed by atoms with Crippen LogP contribution < -0.4 is 0 Å². The Hall–Kier alpha value is -0.750. The summed E-state index contributed by atoms with van der Waals surface area (Å²) in [6.07, 6.45) is 0. The molecule has 1 aromatic rings. The molecule has 0 aliphatic rings. The standard InChI is InChI=1S/C13H17Cl/c1-7(2)12-10(5)8(3)9(4)11(6)13(12)14/h1H2,2-6H3. The van der Waals surface area contributed by atoms with E-state index in [1.807, 2.05) is 6.92 Å². The summed E-state index contributed by atoms with van der Waals surface area (Å²) in [6.45, 7) is 14.4. The molecule has 0 bridgehead atoms. The Bertz CT molecular complexity index is 371. The van der Waals surface area contributed by atoms with Gasteiger partial charge in [0, 0.05) is 0 Å². The van der Waals surface area contributed by atoms with Crippen LogP contribution in [0, 0.1) is 27.7 Å². The van der Waals surface area contributed by atoms with Crippen molar-refractivity contribution in [2.24, 2.45) is 0 Å². The molecular weight excluding hydrogens is 192 g/mol. The van der Waals surface area contributed by atoms with Gasteiger partial charge in [0.15, 0.2) is 0 Å². The summed E-state index contributed by atoms with van der Waals surface area (Å²) in [4.78, 5) is 0. The van der Waals surface area contributed by atoms with Crippen LogP contribution in [0.1, 0.15) is 34.7 Å². The molecule has 0 aromatic heterocycles. The molecule has 76 valence electrons. The molecule has 0 heterocycles. The van der Waals surface area contributed by atoms with Crippen molar-refractivity contribution in [2.45, 2.75) is 34.6 Å². The Morgan fingerprint density at radius 2 is 1.36 bits per heavy atom. The predicted molar refractivity (Wildman–Crippen MR) is 65.1 cm³/mol. The number of hydrogen-bond acceptors (Lipinski definition) is 0. The molecule has 0 aliphatic carbocycles. The van der Waals surface area contributed by atoms with Gasteiger partial charge in [0.05, 0.1) is 5.02 Å². The maximum Gasteiger partial charge on any atom is 0.0515 e. The topological polar surface area (TPSA) is 0 Å². The van der Waals surface area contributed by atoms with Crippen molar-refractivity contribution >= 4 is 17.2 Å². The Morgan fingerprint density at radius 1 is 0.929 bits per heavy atom. The maximum atomic E-state index is 6.31. The minimum absolute atomic E-state index is 0.859. The average Bonchev–Trinajstić information content (AvgIpc) is 2.11. The molecule has 0 spiro atoms. The van der Waals surface area contributed by atoms with Crippen LogP contribution >= 0.6 is 11.6 Å². The van der Waals surface area contributed by atoms with Crippen LogP contribution in [0.4, 0.5) is 0 Å². The largest absolute Gasteiger partial charge is 0.0955 e. The van der Waals surface area contributed by atoms with Crippen molar-refractivity contribution in [1.29, 1.82) is 0 Å². The van der Waals surface area contributed by atoms with Crippen molar-refractivity contribution in [3.8, 4) is 0 Å². The van der Waals surface area contributed by atoms with Gasteiger partial charge in [-0.1, -0.05) is 18.2 Å². The maximum absolute atomic E-state index is 6.31. The third-order valence-corrected chi connectivity index (χ3v) is 3.51. The van der Waals surface area contributed by atoms with Crippen molar-refractivity contribution in [1.82, 2.24) is 0 Å². The molecule has 0 aliphatic heterocycles. The zero-order chi connectivity index (χ0) is 11.0. The van der Waals surface area contributed by atoms with Crippen LogP contribution in [-0.4, -0.2) is 0 Å². The number of hydrogen-bond donors (Lipinski definition) is 0. The van der Waals surface area contributed by atoms with E-state index in [4.69, 9.17) is 11.6 Å². The third-order valence-electron chi connectivity index (χ3n) is 3.04. The van der Waals surface area contributed by atoms with Gasteiger partial charge >= 0.3 is 0 Å². The molecular formula is C13H17Cl. The number of rotatable bonds is 1. The summed E-state index contributed by atoms with van der Waals surface area (Å²) in [7, 11) is 0. The van der Waals surface area contributed by atoms with Crippen LogP contribution in [0.5, 0.6) is 0 Å². The SMILES string of the molecule is C=C(C)c1c(C)c(C)c(C)c(C)c1Cl. The fraction of sp³-hybridized carbons (Fsp3) is 0.385. The highest BCUT2D eigenvalue weighted by atomic mass is 35.5. The van der Waals surface area contributed by atoms with E-state index in [-0.39, 0.29) is 0 Å². The van der Waals surface area contributed by atoms with Gasteiger partial charge in [0.1, 0.15) is 0 Å². The number of benzene rings is 1. The lowest BCUT2D eigenvalue weighted by Crippen LogP contribution is -1.98. The van der Waals surface area contributed by atoms with Gasteiger partial charge in [0.2, 0.25) is 0 Å². The highest BCUT2D eigenvalue weighted by Crippen LogP contribution is 2.33. The summed E-state index contributed by atoms with van der Waals surface area (Å²) in [5.74, 6) is 0. The van der Waals surface area contributed by atoms with Crippen LogP contribution in [0.2, 0.25) is 5.02 Å². The minimum Gasteiger partial charge on any atom is -0.0955 e. The van der Waals surface area contributed by atoms with Crippen molar-refractivity contribution < 1.29 is 0 Å². The quantitative estimate of drug-likeness (QED) is 0.633. The van der Waals surface area contributed by atoms with E-state index in [1.165, 1.54) is 22.3 Å². The monoisotopic (exact) mass is 208 g/mol. The molecule has 1 rings (SSSR count). The number of allylic oxidation sites excluding steroid dienone is 1. The van der Waals surface area contributed by atoms with E-state index < -0.39 is 0 Å². The second-order valence-electron chi connectivity index (χ2n) is 3.97. The van der Waals surface area contributed by atoms with Gasteiger partial charge in [-0.05, 0) is 68.0 Å². The molecule has 0 saturated heterocycles. The zero-order valence-corrected chi connectivity index (χ0v) is 10.3. The fourth-order valence-corrected chi connectivity index (χ4v) is 2.22. The second-order valence-corrected chi connectivity index (χ2v) is 4.35. The summed E-state index contributed by atoms with van der Waals surface area (Å²) in [5.41, 5.74) is 7.20.